The Labute approximate surface area is 204 Å². The maximum atomic E-state index is 12.3. The number of carbonyl (C=O) groups is 2. The summed E-state index contributed by atoms with van der Waals surface area (Å²) in [5, 5.41) is 46.4. The molecule has 0 bridgehead atoms. The van der Waals surface area contributed by atoms with E-state index in [0.717, 1.165) is 6.08 Å². The Morgan fingerprint density at radius 2 is 1.60 bits per heavy atom. The molecule has 4 unspecified atom stereocenters. The molecule has 0 aliphatic carbocycles. The third-order valence-electron chi connectivity index (χ3n) is 6.31. The van der Waals surface area contributed by atoms with Gasteiger partial charge in [0.1, 0.15) is 36.6 Å². The lowest BCUT2D eigenvalue weighted by molar-refractivity contribution is -0.221. The highest BCUT2D eigenvalue weighted by molar-refractivity contribution is 5.92. The summed E-state index contributed by atoms with van der Waals surface area (Å²) in [6.07, 6.45) is -6.09. The average Bonchev–Trinajstić information content (AvgIpc) is 2.83. The van der Waals surface area contributed by atoms with Gasteiger partial charge in [0, 0.05) is 19.3 Å². The molecule has 2 aliphatic heterocycles. The van der Waals surface area contributed by atoms with Crippen LogP contribution in [0.25, 0.3) is 0 Å². The third kappa shape index (κ3) is 7.08. The lowest BCUT2D eigenvalue weighted by atomic mass is 9.90. The fourth-order valence-electron chi connectivity index (χ4n) is 4.41. The van der Waals surface area contributed by atoms with E-state index in [1.807, 2.05) is 0 Å². The molecule has 0 aromatic rings. The average molecular weight is 503 g/mol. The van der Waals surface area contributed by atoms with Crippen molar-refractivity contribution in [3.05, 3.63) is 24.8 Å². The Hall–Kier alpha value is -1.90. The van der Waals surface area contributed by atoms with Gasteiger partial charge in [0.15, 0.2) is 0 Å². The molecule has 200 valence electrons. The molecule has 35 heavy (non-hydrogen) atoms. The number of hydrogen-bond acceptors (Lipinski definition) is 10. The summed E-state index contributed by atoms with van der Waals surface area (Å²) in [5.74, 6) is -0.971. The third-order valence-corrected chi connectivity index (χ3v) is 6.31. The quantitative estimate of drug-likeness (QED) is 0.170. The van der Waals surface area contributed by atoms with Gasteiger partial charge in [0.2, 0.25) is 11.8 Å². The molecule has 0 spiro atoms. The molecule has 6 N–H and O–H groups in total. The maximum Gasteiger partial charge on any atom is 0.246 e. The number of rotatable bonds is 11. The number of amides is 2. The van der Waals surface area contributed by atoms with E-state index in [1.54, 1.807) is 6.92 Å². The number of aliphatic hydroxyl groups is 4. The topological polar surface area (TPSA) is 176 Å². The van der Waals surface area contributed by atoms with Gasteiger partial charge in [-0.15, -0.1) is 0 Å². The molecule has 2 saturated heterocycles. The van der Waals surface area contributed by atoms with Crippen LogP contribution in [0, 0.1) is 0 Å². The summed E-state index contributed by atoms with van der Waals surface area (Å²) >= 11 is 0. The smallest absolute Gasteiger partial charge is 0.246 e. The molecule has 0 aromatic heterocycles. The number of methoxy groups -OCH3 is 1. The highest BCUT2D eigenvalue weighted by Gasteiger charge is 2.47. The van der Waals surface area contributed by atoms with Gasteiger partial charge >= 0.3 is 0 Å². The van der Waals surface area contributed by atoms with Gasteiger partial charge in [-0.25, -0.2) is 0 Å². The molecule has 12 nitrogen and oxygen atoms in total. The molecule has 0 radical (unpaired) electrons. The van der Waals surface area contributed by atoms with E-state index in [4.69, 9.17) is 18.9 Å². The van der Waals surface area contributed by atoms with Crippen LogP contribution in [0.15, 0.2) is 24.8 Å². The molecule has 2 amide bonds. The second-order valence-electron chi connectivity index (χ2n) is 8.78. The van der Waals surface area contributed by atoms with Gasteiger partial charge in [0.25, 0.3) is 0 Å². The molecule has 10 atom stereocenters. The first-order valence-corrected chi connectivity index (χ1v) is 11.5. The predicted molar refractivity (Wildman–Crippen MR) is 123 cm³/mol. The first-order chi connectivity index (χ1) is 16.6. The molecule has 2 rings (SSSR count). The van der Waals surface area contributed by atoms with Crippen LogP contribution in [-0.4, -0.2) is 120 Å². The van der Waals surface area contributed by atoms with E-state index in [9.17, 15) is 30.0 Å². The van der Waals surface area contributed by atoms with Crippen molar-refractivity contribution in [2.45, 2.75) is 81.2 Å². The molecule has 2 aliphatic rings. The number of aliphatic hydroxyl groups excluding tert-OH is 4. The van der Waals surface area contributed by atoms with Gasteiger partial charge in [-0.05, 0) is 26.3 Å². The Kier molecular flexibility index (Phi) is 11.2. The van der Waals surface area contributed by atoms with Crippen molar-refractivity contribution >= 4 is 11.8 Å². The first-order valence-electron chi connectivity index (χ1n) is 11.5. The number of carbonyl (C=O) groups excluding carboxylic acids is 2. The van der Waals surface area contributed by atoms with Gasteiger partial charge in [-0.1, -0.05) is 13.2 Å². The van der Waals surface area contributed by atoms with Crippen LogP contribution in [0.2, 0.25) is 0 Å². The molecule has 0 saturated carbocycles. The van der Waals surface area contributed by atoms with E-state index in [-0.39, 0.29) is 18.6 Å². The second kappa shape index (κ2) is 13.4. The van der Waals surface area contributed by atoms with Crippen molar-refractivity contribution in [1.82, 2.24) is 10.6 Å². The molecular formula is C23H38N2O10. The summed E-state index contributed by atoms with van der Waals surface area (Å²) in [6.45, 7) is 9.31. The van der Waals surface area contributed by atoms with Crippen LogP contribution in [0.5, 0.6) is 0 Å². The first kappa shape index (κ1) is 29.3. The zero-order valence-corrected chi connectivity index (χ0v) is 20.3. The zero-order valence-electron chi connectivity index (χ0n) is 20.3. The van der Waals surface area contributed by atoms with Crippen molar-refractivity contribution in [2.75, 3.05) is 26.9 Å². The predicted octanol–water partition coefficient (Wildman–Crippen LogP) is -2.23. The summed E-state index contributed by atoms with van der Waals surface area (Å²) in [5.41, 5.74) is 0.237. The van der Waals surface area contributed by atoms with Crippen LogP contribution in [0.3, 0.4) is 0 Å². The molecule has 12 heteroatoms. The normalized spacial score (nSPS) is 37.3. The number of nitrogens with one attached hydrogen (secondary N) is 2. The second-order valence-corrected chi connectivity index (χ2v) is 8.78. The van der Waals surface area contributed by atoms with Crippen molar-refractivity contribution in [3.8, 4) is 0 Å². The molecular weight excluding hydrogens is 464 g/mol. The van der Waals surface area contributed by atoms with E-state index < -0.39 is 85.9 Å². The van der Waals surface area contributed by atoms with Crippen molar-refractivity contribution in [2.24, 2.45) is 0 Å². The van der Waals surface area contributed by atoms with Gasteiger partial charge < -0.3 is 50.0 Å². The van der Waals surface area contributed by atoms with Gasteiger partial charge in [-0.3, -0.25) is 9.59 Å². The summed E-state index contributed by atoms with van der Waals surface area (Å²) in [6, 6.07) is -1.69. The highest BCUT2D eigenvalue weighted by atomic mass is 16.6. The Morgan fingerprint density at radius 1 is 1.00 bits per heavy atom. The van der Waals surface area contributed by atoms with Crippen LogP contribution in [0.4, 0.5) is 0 Å². The van der Waals surface area contributed by atoms with Gasteiger partial charge in [0.05, 0.1) is 37.5 Å². The van der Waals surface area contributed by atoms with Crippen LogP contribution in [0.1, 0.15) is 20.3 Å². The molecule has 2 fully saturated rings. The van der Waals surface area contributed by atoms with E-state index >= 15 is 0 Å². The summed E-state index contributed by atoms with van der Waals surface area (Å²) < 4.78 is 22.8. The largest absolute Gasteiger partial charge is 0.394 e. The number of hydrogen-bond donors (Lipinski definition) is 6. The minimum atomic E-state index is -1.19. The fourth-order valence-corrected chi connectivity index (χ4v) is 4.41. The van der Waals surface area contributed by atoms with E-state index in [1.165, 1.54) is 14.0 Å². The van der Waals surface area contributed by atoms with E-state index in [0.29, 0.717) is 0 Å². The standard InChI is InChI=1S/C23H38N2O10/c1-6-16(28)24-17-12(4)34-15(10-27)22(19(17)29)33-8-7-13-18(25-23(31)11(2)3)20(30)21(32-5)14(9-26)35-13/h6,12-15,17-22,26-27,29-30H,1-2,7-10H2,3-5H3,(H,24,28)(H,25,31)/t12-,13-,14?,15?,17+,18+,19+,20+,21?,22?/m0/s1. The molecule has 0 aromatic carbocycles. The maximum absolute atomic E-state index is 12.3. The minimum Gasteiger partial charge on any atom is -0.394 e. The van der Waals surface area contributed by atoms with E-state index in [2.05, 4.69) is 23.8 Å². The number of ether oxygens (including phenoxy) is 4. The Morgan fingerprint density at radius 3 is 2.14 bits per heavy atom. The Bertz CT molecular complexity index is 750. The summed E-state index contributed by atoms with van der Waals surface area (Å²) in [7, 11) is 1.36. The summed E-state index contributed by atoms with van der Waals surface area (Å²) in [4.78, 5) is 24.0. The van der Waals surface area contributed by atoms with Crippen molar-refractivity contribution in [3.63, 3.8) is 0 Å². The lowest BCUT2D eigenvalue weighted by Gasteiger charge is -2.45. The Balaban J connectivity index is 2.12. The zero-order chi connectivity index (χ0) is 26.3. The SMILES string of the molecule is C=CC(=O)N[C@@H]1[C@H](C)OC(CO)C(OCC[C@@H]2OC(CO)C(OC)[C@H](O)[C@@H]2NC(=O)C(=C)C)[C@@H]1O. The van der Waals surface area contributed by atoms with Crippen LogP contribution in [-0.2, 0) is 28.5 Å². The van der Waals surface area contributed by atoms with Crippen LogP contribution >= 0.6 is 0 Å². The van der Waals surface area contributed by atoms with Gasteiger partial charge in [-0.2, -0.15) is 0 Å². The molecule has 2 heterocycles. The highest BCUT2D eigenvalue weighted by Crippen LogP contribution is 2.27. The van der Waals surface area contributed by atoms with Crippen molar-refractivity contribution < 1.29 is 49.0 Å². The van der Waals surface area contributed by atoms with Crippen LogP contribution < -0.4 is 10.6 Å². The minimum absolute atomic E-state index is 0.0231. The van der Waals surface area contributed by atoms with Crippen molar-refractivity contribution in [1.29, 1.82) is 0 Å². The monoisotopic (exact) mass is 502 g/mol. The lowest BCUT2D eigenvalue weighted by Crippen LogP contribution is -2.65. The fraction of sp³-hybridized carbons (Fsp3) is 0.739.